The van der Waals surface area contributed by atoms with Gasteiger partial charge in [0, 0.05) is 25.2 Å². The summed E-state index contributed by atoms with van der Waals surface area (Å²) in [7, 11) is 4.13. The lowest BCUT2D eigenvalue weighted by Crippen LogP contribution is -2.47. The molecule has 0 saturated heterocycles. The Morgan fingerprint density at radius 3 is 2.89 bits per heavy atom. The molecule has 1 saturated carbocycles. The molecule has 0 bridgehead atoms. The number of rotatable bonds is 3. The molecule has 104 valence electrons. The van der Waals surface area contributed by atoms with Crippen LogP contribution >= 0.6 is 0 Å². The van der Waals surface area contributed by atoms with Crippen molar-refractivity contribution in [3.63, 3.8) is 0 Å². The maximum Gasteiger partial charge on any atom is 0.226 e. The van der Waals surface area contributed by atoms with Crippen LogP contribution in [0, 0.1) is 5.92 Å². The largest absolute Gasteiger partial charge is 0.334 e. The van der Waals surface area contributed by atoms with Gasteiger partial charge in [0.25, 0.3) is 0 Å². The van der Waals surface area contributed by atoms with Gasteiger partial charge in [-0.1, -0.05) is 6.42 Å². The summed E-state index contributed by atoms with van der Waals surface area (Å²) in [6.07, 6.45) is 5.21. The molecule has 0 aromatic carbocycles. The first-order valence-electron chi connectivity index (χ1n) is 7.11. The molecule has 2 aliphatic rings. The van der Waals surface area contributed by atoms with E-state index >= 15 is 0 Å². The summed E-state index contributed by atoms with van der Waals surface area (Å²) in [5, 5.41) is 4.42. The van der Waals surface area contributed by atoms with E-state index in [2.05, 4.69) is 28.8 Å². The van der Waals surface area contributed by atoms with E-state index in [0.29, 0.717) is 5.91 Å². The second-order valence-electron chi connectivity index (χ2n) is 6.03. The van der Waals surface area contributed by atoms with E-state index in [1.807, 2.05) is 17.2 Å². The standard InChI is InChI=1S/C14H22N4O/c1-16(2)8-13-10-17(14(19)11-4-3-5-11)9-12-6-7-15-18(12)13/h6-7,11,13H,3-5,8-10H2,1-2H3. The van der Waals surface area contributed by atoms with Gasteiger partial charge < -0.3 is 9.80 Å². The molecule has 0 N–H and O–H groups in total. The number of hydrogen-bond donors (Lipinski definition) is 0. The van der Waals surface area contributed by atoms with E-state index in [9.17, 15) is 4.79 Å². The summed E-state index contributed by atoms with van der Waals surface area (Å²) >= 11 is 0. The lowest BCUT2D eigenvalue weighted by molar-refractivity contribution is -0.140. The van der Waals surface area contributed by atoms with Crippen molar-refractivity contribution in [1.82, 2.24) is 19.6 Å². The van der Waals surface area contributed by atoms with E-state index in [4.69, 9.17) is 0 Å². The number of likely N-dealkylation sites (N-methyl/N-ethyl adjacent to an activating group) is 1. The number of aromatic nitrogens is 2. The molecule has 1 unspecified atom stereocenters. The van der Waals surface area contributed by atoms with Crippen LogP contribution in [-0.2, 0) is 11.3 Å². The summed E-state index contributed by atoms with van der Waals surface area (Å²) in [6.45, 7) is 2.44. The van der Waals surface area contributed by atoms with Gasteiger partial charge in [-0.2, -0.15) is 5.10 Å². The van der Waals surface area contributed by atoms with Crippen molar-refractivity contribution in [3.05, 3.63) is 18.0 Å². The molecule has 5 nitrogen and oxygen atoms in total. The Balaban J connectivity index is 1.77. The lowest BCUT2D eigenvalue weighted by Gasteiger charge is -2.38. The Morgan fingerprint density at radius 2 is 2.26 bits per heavy atom. The Hall–Kier alpha value is -1.36. The van der Waals surface area contributed by atoms with Crippen LogP contribution in [0.1, 0.15) is 31.0 Å². The Bertz CT molecular complexity index is 464. The monoisotopic (exact) mass is 262 g/mol. The minimum Gasteiger partial charge on any atom is -0.334 e. The van der Waals surface area contributed by atoms with Crippen molar-refractivity contribution in [2.24, 2.45) is 5.92 Å². The van der Waals surface area contributed by atoms with Gasteiger partial charge in [0.05, 0.1) is 18.3 Å². The van der Waals surface area contributed by atoms with Gasteiger partial charge in [-0.3, -0.25) is 9.48 Å². The topological polar surface area (TPSA) is 41.4 Å². The first-order chi connectivity index (χ1) is 9.15. The summed E-state index contributed by atoms with van der Waals surface area (Å²) in [5.74, 6) is 0.636. The molecule has 1 aromatic heterocycles. The summed E-state index contributed by atoms with van der Waals surface area (Å²) in [4.78, 5) is 16.6. The van der Waals surface area contributed by atoms with Gasteiger partial charge >= 0.3 is 0 Å². The lowest BCUT2D eigenvalue weighted by atomic mass is 9.84. The van der Waals surface area contributed by atoms with Crippen molar-refractivity contribution < 1.29 is 4.79 Å². The molecule has 0 radical (unpaired) electrons. The van der Waals surface area contributed by atoms with Crippen LogP contribution in [0.15, 0.2) is 12.3 Å². The van der Waals surface area contributed by atoms with Gasteiger partial charge in [-0.25, -0.2) is 0 Å². The highest BCUT2D eigenvalue weighted by Gasteiger charge is 2.34. The SMILES string of the molecule is CN(C)CC1CN(C(=O)C2CCC2)Cc2ccnn21. The molecular weight excluding hydrogens is 240 g/mol. The first kappa shape index (κ1) is 12.7. The van der Waals surface area contributed by atoms with Crippen LogP contribution in [-0.4, -0.2) is 52.7 Å². The predicted molar refractivity (Wildman–Crippen MR) is 72.6 cm³/mol. The molecular formula is C14H22N4O. The highest BCUT2D eigenvalue weighted by atomic mass is 16.2. The third-order valence-electron chi connectivity index (χ3n) is 4.22. The zero-order valence-electron chi connectivity index (χ0n) is 11.7. The smallest absolute Gasteiger partial charge is 0.226 e. The van der Waals surface area contributed by atoms with Crippen LogP contribution in [0.2, 0.25) is 0 Å². The molecule has 1 atom stereocenters. The maximum atomic E-state index is 12.4. The fraction of sp³-hybridized carbons (Fsp3) is 0.714. The van der Waals surface area contributed by atoms with Crippen molar-refractivity contribution in [2.75, 3.05) is 27.2 Å². The maximum absolute atomic E-state index is 12.4. The number of hydrogen-bond acceptors (Lipinski definition) is 3. The highest BCUT2D eigenvalue weighted by molar-refractivity contribution is 5.79. The molecule has 1 amide bonds. The van der Waals surface area contributed by atoms with Crippen molar-refractivity contribution in [3.8, 4) is 0 Å². The van der Waals surface area contributed by atoms with E-state index in [1.165, 1.54) is 6.42 Å². The average Bonchev–Trinajstić information content (AvgIpc) is 2.73. The molecule has 1 aliphatic carbocycles. The fourth-order valence-corrected chi connectivity index (χ4v) is 3.03. The van der Waals surface area contributed by atoms with E-state index < -0.39 is 0 Å². The van der Waals surface area contributed by atoms with Gasteiger partial charge in [0.2, 0.25) is 5.91 Å². The minimum absolute atomic E-state index is 0.276. The fourth-order valence-electron chi connectivity index (χ4n) is 3.03. The molecule has 0 spiro atoms. The number of carbonyl (C=O) groups is 1. The number of amides is 1. The van der Waals surface area contributed by atoms with Crippen LogP contribution in [0.3, 0.4) is 0 Å². The highest BCUT2D eigenvalue weighted by Crippen LogP contribution is 2.31. The molecule has 5 heteroatoms. The van der Waals surface area contributed by atoms with E-state index in [0.717, 1.165) is 38.2 Å². The quantitative estimate of drug-likeness (QED) is 0.820. The predicted octanol–water partition coefficient (Wildman–Crippen LogP) is 1.13. The normalized spacial score (nSPS) is 23.3. The van der Waals surface area contributed by atoms with Crippen molar-refractivity contribution in [1.29, 1.82) is 0 Å². The van der Waals surface area contributed by atoms with Gasteiger partial charge in [-0.15, -0.1) is 0 Å². The van der Waals surface area contributed by atoms with E-state index in [1.54, 1.807) is 0 Å². The molecule has 2 heterocycles. The Labute approximate surface area is 114 Å². The molecule has 1 aromatic rings. The van der Waals surface area contributed by atoms with Crippen LogP contribution in [0.5, 0.6) is 0 Å². The Morgan fingerprint density at radius 1 is 1.47 bits per heavy atom. The van der Waals surface area contributed by atoms with Gasteiger partial charge in [-0.05, 0) is 33.0 Å². The first-order valence-corrected chi connectivity index (χ1v) is 7.11. The zero-order chi connectivity index (χ0) is 13.4. The van der Waals surface area contributed by atoms with Crippen LogP contribution in [0.4, 0.5) is 0 Å². The number of carbonyl (C=O) groups excluding carboxylic acids is 1. The molecule has 19 heavy (non-hydrogen) atoms. The zero-order valence-corrected chi connectivity index (χ0v) is 11.7. The number of fused-ring (bicyclic) bond motifs is 1. The second kappa shape index (κ2) is 4.96. The second-order valence-corrected chi connectivity index (χ2v) is 6.03. The van der Waals surface area contributed by atoms with Crippen LogP contribution in [0.25, 0.3) is 0 Å². The molecule has 3 rings (SSSR count). The Kier molecular flexibility index (Phi) is 3.31. The van der Waals surface area contributed by atoms with E-state index in [-0.39, 0.29) is 12.0 Å². The van der Waals surface area contributed by atoms with Gasteiger partial charge in [0.15, 0.2) is 0 Å². The minimum atomic E-state index is 0.276. The summed E-state index contributed by atoms with van der Waals surface area (Å²) < 4.78 is 2.09. The third kappa shape index (κ3) is 2.39. The summed E-state index contributed by atoms with van der Waals surface area (Å²) in [6, 6.07) is 2.31. The molecule has 1 aliphatic heterocycles. The third-order valence-corrected chi connectivity index (χ3v) is 4.22. The average molecular weight is 262 g/mol. The number of nitrogens with zero attached hydrogens (tertiary/aromatic N) is 4. The van der Waals surface area contributed by atoms with Crippen molar-refractivity contribution in [2.45, 2.75) is 31.8 Å². The molecule has 1 fully saturated rings. The van der Waals surface area contributed by atoms with Crippen molar-refractivity contribution >= 4 is 5.91 Å². The van der Waals surface area contributed by atoms with Crippen LogP contribution < -0.4 is 0 Å². The van der Waals surface area contributed by atoms with Gasteiger partial charge in [0.1, 0.15) is 0 Å². The summed E-state index contributed by atoms with van der Waals surface area (Å²) in [5.41, 5.74) is 1.16.